The van der Waals surface area contributed by atoms with Gasteiger partial charge >= 0.3 is 0 Å². The van der Waals surface area contributed by atoms with E-state index in [0.29, 0.717) is 6.54 Å². The van der Waals surface area contributed by atoms with Gasteiger partial charge in [0.1, 0.15) is 6.10 Å². The number of hydrogen-bond acceptors (Lipinski definition) is 5. The minimum absolute atomic E-state index is 0.0917. The molecule has 1 aromatic rings. The van der Waals surface area contributed by atoms with Crippen molar-refractivity contribution in [1.29, 1.82) is 0 Å². The quantitative estimate of drug-likeness (QED) is 0.718. The summed E-state index contributed by atoms with van der Waals surface area (Å²) >= 11 is 3.43. The highest BCUT2D eigenvalue weighted by Crippen LogP contribution is 2.54. The lowest BCUT2D eigenvalue weighted by Crippen LogP contribution is -2.45. The number of fused-ring (bicyclic) bond motifs is 8. The Morgan fingerprint density at radius 3 is 2.38 bits per heavy atom. The molecule has 5 rings (SSSR count). The van der Waals surface area contributed by atoms with Gasteiger partial charge in [-0.3, -0.25) is 14.5 Å². The molecule has 2 bridgehead atoms. The van der Waals surface area contributed by atoms with E-state index in [0.717, 1.165) is 15.7 Å². The second-order valence-corrected chi connectivity index (χ2v) is 7.53. The van der Waals surface area contributed by atoms with Crippen molar-refractivity contribution in [3.8, 4) is 0 Å². The molecule has 0 aromatic heterocycles. The number of imide groups is 1. The fourth-order valence-corrected chi connectivity index (χ4v) is 4.85. The molecule has 24 heavy (non-hydrogen) atoms. The first kappa shape index (κ1) is 14.6. The van der Waals surface area contributed by atoms with Crippen LogP contribution in [0, 0.1) is 17.8 Å². The van der Waals surface area contributed by atoms with Crippen LogP contribution in [0.25, 0.3) is 0 Å². The molecule has 0 radical (unpaired) electrons. The van der Waals surface area contributed by atoms with Crippen LogP contribution >= 0.6 is 15.9 Å². The van der Waals surface area contributed by atoms with E-state index < -0.39 is 11.8 Å². The maximum atomic E-state index is 12.6. The number of carbonyl (C=O) groups excluding carboxylic acids is 2. The molecule has 0 spiro atoms. The summed E-state index contributed by atoms with van der Waals surface area (Å²) in [5.74, 6) is -1.14. The minimum atomic E-state index is -0.414. The summed E-state index contributed by atoms with van der Waals surface area (Å²) in [7, 11) is 0. The van der Waals surface area contributed by atoms with Gasteiger partial charge in [0, 0.05) is 11.0 Å². The third-order valence-corrected chi connectivity index (χ3v) is 6.12. The third-order valence-electron chi connectivity index (χ3n) is 5.59. The Morgan fingerprint density at radius 2 is 1.71 bits per heavy atom. The molecule has 0 N–H and O–H groups in total. The van der Waals surface area contributed by atoms with Crippen LogP contribution in [0.5, 0.6) is 0 Å². The SMILES string of the molecule is CCN1C(=O)[C@@H]2[C@H]3O[C@@H]([C@@H]4C(c5ccc(Br)cc5)=NO[C@@H]34)[C@H]2C1=O. The monoisotopic (exact) mass is 390 g/mol. The van der Waals surface area contributed by atoms with E-state index in [1.807, 2.05) is 31.2 Å². The molecule has 124 valence electrons. The van der Waals surface area contributed by atoms with Gasteiger partial charge in [0.2, 0.25) is 11.8 Å². The predicted octanol–water partition coefficient (Wildman–Crippen LogP) is 1.57. The number of carbonyl (C=O) groups is 2. The fraction of sp³-hybridized carbons (Fsp3) is 0.471. The van der Waals surface area contributed by atoms with E-state index in [2.05, 4.69) is 21.1 Å². The van der Waals surface area contributed by atoms with Crippen molar-refractivity contribution in [2.75, 3.05) is 6.54 Å². The number of ether oxygens (including phenoxy) is 1. The van der Waals surface area contributed by atoms with E-state index in [1.54, 1.807) is 0 Å². The molecule has 6 nitrogen and oxygen atoms in total. The van der Waals surface area contributed by atoms with Crippen molar-refractivity contribution in [2.45, 2.75) is 25.2 Å². The van der Waals surface area contributed by atoms with Crippen molar-refractivity contribution in [1.82, 2.24) is 4.90 Å². The van der Waals surface area contributed by atoms with Crippen LogP contribution in [0.3, 0.4) is 0 Å². The van der Waals surface area contributed by atoms with Gasteiger partial charge in [-0.2, -0.15) is 0 Å². The first-order chi connectivity index (χ1) is 11.6. The second kappa shape index (κ2) is 4.89. The smallest absolute Gasteiger partial charge is 0.235 e. The number of likely N-dealkylation sites (tertiary alicyclic amines) is 1. The molecule has 7 heteroatoms. The summed E-state index contributed by atoms with van der Waals surface area (Å²) in [4.78, 5) is 32.2. The Bertz CT molecular complexity index is 777. The van der Waals surface area contributed by atoms with Gasteiger partial charge in [-0.25, -0.2) is 0 Å². The van der Waals surface area contributed by atoms with Gasteiger partial charge in [0.15, 0.2) is 6.10 Å². The number of benzene rings is 1. The fourth-order valence-electron chi connectivity index (χ4n) is 4.59. The number of rotatable bonds is 2. The highest BCUT2D eigenvalue weighted by atomic mass is 79.9. The summed E-state index contributed by atoms with van der Waals surface area (Å²) < 4.78 is 7.02. The molecule has 4 aliphatic rings. The molecule has 4 aliphatic heterocycles. The number of amides is 2. The average molecular weight is 391 g/mol. The molecule has 1 aromatic carbocycles. The molecule has 3 saturated heterocycles. The maximum Gasteiger partial charge on any atom is 0.235 e. The van der Waals surface area contributed by atoms with Crippen molar-refractivity contribution in [2.24, 2.45) is 22.9 Å². The van der Waals surface area contributed by atoms with Gasteiger partial charge in [0.05, 0.1) is 29.6 Å². The van der Waals surface area contributed by atoms with Crippen molar-refractivity contribution in [3.63, 3.8) is 0 Å². The molecule has 4 heterocycles. The topological polar surface area (TPSA) is 68.2 Å². The van der Waals surface area contributed by atoms with Gasteiger partial charge in [-0.15, -0.1) is 0 Å². The number of hydrogen-bond donors (Lipinski definition) is 0. The van der Waals surface area contributed by atoms with Crippen molar-refractivity contribution in [3.05, 3.63) is 34.3 Å². The highest BCUT2D eigenvalue weighted by Gasteiger charge is 2.71. The maximum absolute atomic E-state index is 12.6. The summed E-state index contributed by atoms with van der Waals surface area (Å²) in [6.07, 6.45) is -0.985. The first-order valence-corrected chi connectivity index (χ1v) is 8.91. The number of oxime groups is 1. The zero-order valence-electron chi connectivity index (χ0n) is 12.9. The van der Waals surface area contributed by atoms with Gasteiger partial charge < -0.3 is 9.57 Å². The predicted molar refractivity (Wildman–Crippen MR) is 87.1 cm³/mol. The van der Waals surface area contributed by atoms with Crippen LogP contribution in [-0.2, 0) is 19.2 Å². The Kier molecular flexibility index (Phi) is 2.98. The molecule has 6 atom stereocenters. The molecule has 2 amide bonds. The van der Waals surface area contributed by atoms with Crippen molar-refractivity contribution >= 4 is 33.5 Å². The Hall–Kier alpha value is -1.73. The van der Waals surface area contributed by atoms with Crippen molar-refractivity contribution < 1.29 is 19.2 Å². The van der Waals surface area contributed by atoms with Crippen LogP contribution < -0.4 is 0 Å². The molecule has 0 aliphatic carbocycles. The Labute approximate surface area is 146 Å². The van der Waals surface area contributed by atoms with Gasteiger partial charge in [-0.05, 0) is 24.6 Å². The molecule has 0 unspecified atom stereocenters. The van der Waals surface area contributed by atoms with E-state index in [9.17, 15) is 9.59 Å². The summed E-state index contributed by atoms with van der Waals surface area (Å²) in [5.41, 5.74) is 1.77. The van der Waals surface area contributed by atoms with E-state index in [1.165, 1.54) is 4.90 Å². The molecule has 3 fully saturated rings. The van der Waals surface area contributed by atoms with Crippen LogP contribution in [-0.4, -0.2) is 47.3 Å². The van der Waals surface area contributed by atoms with Crippen LogP contribution in [0.2, 0.25) is 0 Å². The summed E-state index contributed by atoms with van der Waals surface area (Å²) in [6, 6.07) is 7.84. The normalized spacial score (nSPS) is 39.1. The summed E-state index contributed by atoms with van der Waals surface area (Å²) in [5, 5.41) is 4.26. The zero-order valence-corrected chi connectivity index (χ0v) is 14.5. The molecular formula is C17H15BrN2O4. The second-order valence-electron chi connectivity index (χ2n) is 6.62. The third kappa shape index (κ3) is 1.66. The van der Waals surface area contributed by atoms with Gasteiger partial charge in [-0.1, -0.05) is 33.2 Å². The van der Waals surface area contributed by atoms with Gasteiger partial charge in [0.25, 0.3) is 0 Å². The number of nitrogens with zero attached hydrogens (tertiary/aromatic N) is 2. The summed E-state index contributed by atoms with van der Waals surface area (Å²) in [6.45, 7) is 2.24. The molecule has 0 saturated carbocycles. The Morgan fingerprint density at radius 1 is 1.04 bits per heavy atom. The number of halogens is 1. The lowest BCUT2D eigenvalue weighted by atomic mass is 9.71. The van der Waals surface area contributed by atoms with Crippen LogP contribution in [0.15, 0.2) is 33.9 Å². The van der Waals surface area contributed by atoms with E-state index >= 15 is 0 Å². The molecular weight excluding hydrogens is 376 g/mol. The van der Waals surface area contributed by atoms with Crippen LogP contribution in [0.1, 0.15) is 12.5 Å². The average Bonchev–Trinajstić information content (AvgIpc) is 3.29. The van der Waals surface area contributed by atoms with Crippen LogP contribution in [0.4, 0.5) is 0 Å². The lowest BCUT2D eigenvalue weighted by Gasteiger charge is -2.26. The first-order valence-electron chi connectivity index (χ1n) is 8.12. The lowest BCUT2D eigenvalue weighted by molar-refractivity contribution is -0.142. The highest BCUT2D eigenvalue weighted by molar-refractivity contribution is 9.10. The van der Waals surface area contributed by atoms with E-state index in [-0.39, 0.29) is 36.0 Å². The Balaban J connectivity index is 1.51. The zero-order chi connectivity index (χ0) is 16.6. The standard InChI is InChI=1S/C17H15BrN2O4/c1-2-20-16(21)9-10(17(20)22)14-15-11(13(9)23-14)12(19-24-15)7-3-5-8(18)6-4-7/h3-6,9-11,13-15H,2H2,1H3/t9-,10-,11-,13+,14+,15+/m0/s1. The largest absolute Gasteiger partial charge is 0.389 e. The van der Waals surface area contributed by atoms with E-state index in [4.69, 9.17) is 9.57 Å². The minimum Gasteiger partial charge on any atom is -0.389 e.